The van der Waals surface area contributed by atoms with Gasteiger partial charge in [0.05, 0.1) is 0 Å². The number of ketones is 1. The summed E-state index contributed by atoms with van der Waals surface area (Å²) in [5.41, 5.74) is 1.08. The summed E-state index contributed by atoms with van der Waals surface area (Å²) in [6.45, 7) is 2.83. The van der Waals surface area contributed by atoms with Crippen molar-refractivity contribution in [2.45, 2.75) is 26.2 Å². The van der Waals surface area contributed by atoms with Gasteiger partial charge in [0.1, 0.15) is 5.78 Å². The molecule has 1 atom stereocenters. The van der Waals surface area contributed by atoms with Crippen LogP contribution in [0.5, 0.6) is 0 Å². The van der Waals surface area contributed by atoms with Gasteiger partial charge in [0.2, 0.25) is 0 Å². The summed E-state index contributed by atoms with van der Waals surface area (Å²) >= 11 is 0. The Balaban J connectivity index is 1.97. The van der Waals surface area contributed by atoms with E-state index >= 15 is 0 Å². The summed E-state index contributed by atoms with van der Waals surface area (Å²) < 4.78 is 0. The van der Waals surface area contributed by atoms with Crippen LogP contribution in [0.15, 0.2) is 54.6 Å². The minimum Gasteiger partial charge on any atom is -0.384 e. The molecule has 0 spiro atoms. The van der Waals surface area contributed by atoms with E-state index in [2.05, 4.69) is 24.4 Å². The third-order valence-electron chi connectivity index (χ3n) is 3.73. The van der Waals surface area contributed by atoms with Crippen LogP contribution in [-0.4, -0.2) is 12.3 Å². The zero-order valence-corrected chi connectivity index (χ0v) is 12.1. The molecule has 2 rings (SSSR count). The van der Waals surface area contributed by atoms with Crippen molar-refractivity contribution in [3.8, 4) is 0 Å². The molecule has 106 valence electrons. The van der Waals surface area contributed by atoms with Crippen molar-refractivity contribution in [3.05, 3.63) is 54.6 Å². The van der Waals surface area contributed by atoms with Crippen LogP contribution < -0.4 is 5.32 Å². The first-order chi connectivity index (χ1) is 9.81. The van der Waals surface area contributed by atoms with Crippen LogP contribution in [0.3, 0.4) is 0 Å². The normalized spacial score (nSPS) is 15.4. The molecule has 1 aliphatic rings. The van der Waals surface area contributed by atoms with Gasteiger partial charge in [-0.2, -0.15) is 0 Å². The topological polar surface area (TPSA) is 29.1 Å². The van der Waals surface area contributed by atoms with Gasteiger partial charge in [-0.25, -0.2) is 0 Å². The molecule has 0 saturated heterocycles. The molecule has 0 heterocycles. The fraction of sp³-hybridized carbons (Fsp3) is 0.389. The van der Waals surface area contributed by atoms with Crippen LogP contribution in [0, 0.1) is 11.8 Å². The Morgan fingerprint density at radius 1 is 1.20 bits per heavy atom. The van der Waals surface area contributed by atoms with Crippen LogP contribution >= 0.6 is 0 Å². The number of unbranched alkanes of at least 4 members (excludes halogenated alkanes) is 1. The highest BCUT2D eigenvalue weighted by Gasteiger charge is 2.25. The van der Waals surface area contributed by atoms with E-state index in [4.69, 9.17) is 0 Å². The lowest BCUT2D eigenvalue weighted by Gasteiger charge is -2.21. The molecule has 0 bridgehead atoms. The Bertz CT molecular complexity index is 463. The van der Waals surface area contributed by atoms with Gasteiger partial charge < -0.3 is 5.32 Å². The van der Waals surface area contributed by atoms with E-state index in [1.54, 1.807) is 0 Å². The van der Waals surface area contributed by atoms with Gasteiger partial charge in [-0.15, -0.1) is 0 Å². The summed E-state index contributed by atoms with van der Waals surface area (Å²) in [7, 11) is 0. The van der Waals surface area contributed by atoms with Gasteiger partial charge in [-0.1, -0.05) is 55.8 Å². The van der Waals surface area contributed by atoms with Gasteiger partial charge in [0.15, 0.2) is 0 Å². The molecule has 0 aromatic heterocycles. The van der Waals surface area contributed by atoms with Gasteiger partial charge in [-0.3, -0.25) is 4.79 Å². The van der Waals surface area contributed by atoms with Crippen LogP contribution in [-0.2, 0) is 4.79 Å². The molecule has 20 heavy (non-hydrogen) atoms. The fourth-order valence-electron chi connectivity index (χ4n) is 2.50. The van der Waals surface area contributed by atoms with Gasteiger partial charge in [-0.05, 0) is 18.6 Å². The van der Waals surface area contributed by atoms with Crippen LogP contribution in [0.4, 0.5) is 5.69 Å². The highest BCUT2D eigenvalue weighted by molar-refractivity contribution is 5.82. The molecular formula is C18H23NO. The SMILES string of the molecule is CCCCC(=O)C(CNc1ccccc1)C1C=CC=C1. The second-order valence-electron chi connectivity index (χ2n) is 5.27. The van der Waals surface area contributed by atoms with Gasteiger partial charge in [0, 0.05) is 30.5 Å². The van der Waals surface area contributed by atoms with Crippen LogP contribution in [0.1, 0.15) is 26.2 Å². The second kappa shape index (κ2) is 7.68. The predicted molar refractivity (Wildman–Crippen MR) is 84.7 cm³/mol. The standard InChI is InChI=1S/C18H23NO/c1-2-3-13-18(20)17(15-9-7-8-10-15)14-19-16-11-5-4-6-12-16/h4-12,15,17,19H,2-3,13-14H2,1H3. The lowest BCUT2D eigenvalue weighted by Crippen LogP contribution is -2.28. The quantitative estimate of drug-likeness (QED) is 0.765. The monoisotopic (exact) mass is 269 g/mol. The number of allylic oxidation sites excluding steroid dienone is 4. The molecule has 0 aliphatic heterocycles. The van der Waals surface area contributed by atoms with Crippen molar-refractivity contribution in [1.29, 1.82) is 0 Å². The molecule has 0 amide bonds. The third kappa shape index (κ3) is 4.09. The molecule has 0 saturated carbocycles. The first-order valence-electron chi connectivity index (χ1n) is 7.48. The number of hydrogen-bond acceptors (Lipinski definition) is 2. The Morgan fingerprint density at radius 3 is 2.55 bits per heavy atom. The van der Waals surface area contributed by atoms with E-state index in [1.807, 2.05) is 42.5 Å². The fourth-order valence-corrected chi connectivity index (χ4v) is 2.50. The first kappa shape index (κ1) is 14.6. The number of carbonyl (C=O) groups is 1. The molecule has 0 fully saturated rings. The van der Waals surface area contributed by atoms with Crippen molar-refractivity contribution in [2.24, 2.45) is 11.8 Å². The second-order valence-corrected chi connectivity index (χ2v) is 5.27. The highest BCUT2D eigenvalue weighted by atomic mass is 16.1. The van der Waals surface area contributed by atoms with E-state index in [1.165, 1.54) is 0 Å². The first-order valence-corrected chi connectivity index (χ1v) is 7.48. The van der Waals surface area contributed by atoms with E-state index in [0.29, 0.717) is 18.7 Å². The number of anilines is 1. The summed E-state index contributed by atoms with van der Waals surface area (Å²) in [6, 6.07) is 10.1. The Morgan fingerprint density at radius 2 is 1.90 bits per heavy atom. The molecular weight excluding hydrogens is 246 g/mol. The number of para-hydroxylation sites is 1. The summed E-state index contributed by atoms with van der Waals surface area (Å²) in [5, 5.41) is 3.39. The Labute approximate surface area is 121 Å². The summed E-state index contributed by atoms with van der Waals surface area (Å²) in [5.74, 6) is 0.656. The maximum Gasteiger partial charge on any atom is 0.138 e. The van der Waals surface area contributed by atoms with E-state index < -0.39 is 0 Å². The number of Topliss-reactive ketones (excluding diaryl/α,β-unsaturated/α-hetero) is 1. The summed E-state index contributed by atoms with van der Waals surface area (Å²) in [6.07, 6.45) is 11.1. The lowest BCUT2D eigenvalue weighted by atomic mass is 9.87. The highest BCUT2D eigenvalue weighted by Crippen LogP contribution is 2.23. The van der Waals surface area contributed by atoms with E-state index in [0.717, 1.165) is 18.5 Å². The molecule has 1 aliphatic carbocycles. The predicted octanol–water partition coefficient (Wildman–Crippen LogP) is 4.22. The molecule has 1 unspecified atom stereocenters. The maximum absolute atomic E-state index is 12.4. The van der Waals surface area contributed by atoms with Gasteiger partial charge in [0.25, 0.3) is 0 Å². The zero-order chi connectivity index (χ0) is 14.2. The lowest BCUT2D eigenvalue weighted by molar-refractivity contribution is -0.123. The van der Waals surface area contributed by atoms with Crippen LogP contribution in [0.2, 0.25) is 0 Å². The van der Waals surface area contributed by atoms with Gasteiger partial charge >= 0.3 is 0 Å². The molecule has 1 N–H and O–H groups in total. The van der Waals surface area contributed by atoms with Crippen molar-refractivity contribution in [2.75, 3.05) is 11.9 Å². The van der Waals surface area contributed by atoms with E-state index in [9.17, 15) is 4.79 Å². The average Bonchev–Trinajstić information content (AvgIpc) is 3.00. The van der Waals surface area contributed by atoms with E-state index in [-0.39, 0.29) is 11.8 Å². The molecule has 0 radical (unpaired) electrons. The number of hydrogen-bond donors (Lipinski definition) is 1. The molecule has 2 heteroatoms. The van der Waals surface area contributed by atoms with Crippen molar-refractivity contribution < 1.29 is 4.79 Å². The number of nitrogens with one attached hydrogen (secondary N) is 1. The zero-order valence-electron chi connectivity index (χ0n) is 12.1. The molecule has 1 aromatic carbocycles. The number of benzene rings is 1. The largest absolute Gasteiger partial charge is 0.384 e. The maximum atomic E-state index is 12.4. The molecule has 1 aromatic rings. The third-order valence-corrected chi connectivity index (χ3v) is 3.73. The van der Waals surface area contributed by atoms with Crippen molar-refractivity contribution in [1.82, 2.24) is 0 Å². The van der Waals surface area contributed by atoms with Crippen molar-refractivity contribution >= 4 is 11.5 Å². The Kier molecular flexibility index (Phi) is 5.60. The smallest absolute Gasteiger partial charge is 0.138 e. The van der Waals surface area contributed by atoms with Crippen molar-refractivity contribution in [3.63, 3.8) is 0 Å². The van der Waals surface area contributed by atoms with Crippen LogP contribution in [0.25, 0.3) is 0 Å². The number of carbonyl (C=O) groups excluding carboxylic acids is 1. The number of rotatable bonds is 8. The minimum absolute atomic E-state index is 0.0387. The average molecular weight is 269 g/mol. The Hall–Kier alpha value is -1.83. The molecule has 2 nitrogen and oxygen atoms in total. The summed E-state index contributed by atoms with van der Waals surface area (Å²) in [4.78, 5) is 12.4. The minimum atomic E-state index is 0.0387.